The van der Waals surface area contributed by atoms with Crippen LogP contribution in [0.5, 0.6) is 0 Å². The number of likely N-dealkylation sites (N-methyl/N-ethyl adjacent to an activating group) is 1. The molecule has 0 amide bonds. The molecule has 0 aromatic heterocycles. The summed E-state index contributed by atoms with van der Waals surface area (Å²) in [5, 5.41) is 8.88. The first-order valence-corrected chi connectivity index (χ1v) is 6.48. The van der Waals surface area contributed by atoms with Gasteiger partial charge in [0.05, 0.1) is 0 Å². The summed E-state index contributed by atoms with van der Waals surface area (Å²) in [5.41, 5.74) is 4.05. The van der Waals surface area contributed by atoms with Gasteiger partial charge >= 0.3 is 0 Å². The van der Waals surface area contributed by atoms with E-state index in [0.29, 0.717) is 12.3 Å². The second-order valence-corrected chi connectivity index (χ2v) is 4.85. The van der Waals surface area contributed by atoms with Gasteiger partial charge in [-0.1, -0.05) is 12.1 Å². The predicted molar refractivity (Wildman–Crippen MR) is 67.2 cm³/mol. The van der Waals surface area contributed by atoms with Crippen LogP contribution in [0.3, 0.4) is 0 Å². The molecule has 0 spiro atoms. The molecule has 2 aliphatic rings. The van der Waals surface area contributed by atoms with Crippen molar-refractivity contribution in [2.24, 2.45) is 0 Å². The highest BCUT2D eigenvalue weighted by molar-refractivity contribution is 5.59. The van der Waals surface area contributed by atoms with Crippen LogP contribution in [-0.2, 0) is 17.6 Å². The van der Waals surface area contributed by atoms with E-state index < -0.39 is 0 Å². The second-order valence-electron chi connectivity index (χ2n) is 4.85. The van der Waals surface area contributed by atoms with Crippen molar-refractivity contribution in [1.82, 2.24) is 0 Å². The van der Waals surface area contributed by atoms with Crippen LogP contribution in [0.4, 0.5) is 5.69 Å². The summed E-state index contributed by atoms with van der Waals surface area (Å²) in [4.78, 5) is 2.35. The Morgan fingerprint density at radius 1 is 1.47 bits per heavy atom. The zero-order chi connectivity index (χ0) is 11.8. The van der Waals surface area contributed by atoms with Gasteiger partial charge in [0, 0.05) is 25.3 Å². The number of ether oxygens (including phenoxy) is 1. The van der Waals surface area contributed by atoms with Gasteiger partial charge in [-0.2, -0.15) is 0 Å². The molecule has 2 unspecified atom stereocenters. The predicted octanol–water partition coefficient (Wildman–Crippen LogP) is 1.72. The molecule has 1 N–H and O–H groups in total. The molecule has 0 bridgehead atoms. The summed E-state index contributed by atoms with van der Waals surface area (Å²) < 4.78 is 5.67. The van der Waals surface area contributed by atoms with Crippen molar-refractivity contribution < 1.29 is 9.84 Å². The number of benzene rings is 1. The van der Waals surface area contributed by atoms with Gasteiger partial charge in [0.2, 0.25) is 0 Å². The maximum absolute atomic E-state index is 8.88. The molecule has 0 aliphatic carbocycles. The lowest BCUT2D eigenvalue weighted by atomic mass is 9.98. The van der Waals surface area contributed by atoms with E-state index in [-0.39, 0.29) is 6.61 Å². The van der Waals surface area contributed by atoms with E-state index >= 15 is 0 Å². The van der Waals surface area contributed by atoms with Gasteiger partial charge in [-0.05, 0) is 37.0 Å². The SMILES string of the molecule is CCN1c2cc(CCCO)ccc2CC2OC21. The first-order chi connectivity index (χ1) is 8.33. The van der Waals surface area contributed by atoms with Crippen molar-refractivity contribution in [3.05, 3.63) is 29.3 Å². The van der Waals surface area contributed by atoms with Crippen LogP contribution in [-0.4, -0.2) is 30.6 Å². The van der Waals surface area contributed by atoms with Gasteiger partial charge < -0.3 is 14.7 Å². The van der Waals surface area contributed by atoms with Crippen LogP contribution < -0.4 is 4.90 Å². The van der Waals surface area contributed by atoms with Crippen molar-refractivity contribution in [2.45, 2.75) is 38.5 Å². The number of anilines is 1. The summed E-state index contributed by atoms with van der Waals surface area (Å²) >= 11 is 0. The van der Waals surface area contributed by atoms with Gasteiger partial charge in [-0.3, -0.25) is 0 Å². The molecular formula is C14H19NO2. The molecule has 92 valence electrons. The third-order valence-corrected chi connectivity index (χ3v) is 3.71. The van der Waals surface area contributed by atoms with Gasteiger partial charge in [0.25, 0.3) is 0 Å². The average Bonchev–Trinajstić information content (AvgIpc) is 3.11. The van der Waals surface area contributed by atoms with E-state index in [9.17, 15) is 0 Å². The Morgan fingerprint density at radius 3 is 3.12 bits per heavy atom. The van der Waals surface area contributed by atoms with Crippen molar-refractivity contribution in [1.29, 1.82) is 0 Å². The lowest BCUT2D eigenvalue weighted by Gasteiger charge is -2.27. The fraction of sp³-hybridized carbons (Fsp3) is 0.571. The van der Waals surface area contributed by atoms with E-state index in [1.165, 1.54) is 16.8 Å². The minimum atomic E-state index is 0.266. The Bertz CT molecular complexity index is 419. The average molecular weight is 233 g/mol. The Morgan fingerprint density at radius 2 is 2.35 bits per heavy atom. The van der Waals surface area contributed by atoms with E-state index in [1.807, 2.05) is 0 Å². The van der Waals surface area contributed by atoms with Crippen LogP contribution in [0.15, 0.2) is 18.2 Å². The fourth-order valence-corrected chi connectivity index (χ4v) is 2.75. The number of rotatable bonds is 4. The molecule has 3 nitrogen and oxygen atoms in total. The third-order valence-electron chi connectivity index (χ3n) is 3.71. The number of aliphatic hydroxyl groups is 1. The number of fused-ring (bicyclic) bond motifs is 2. The monoisotopic (exact) mass is 233 g/mol. The number of hydrogen-bond acceptors (Lipinski definition) is 3. The molecule has 3 rings (SSSR count). The smallest absolute Gasteiger partial charge is 0.157 e. The summed E-state index contributed by atoms with van der Waals surface area (Å²) in [6.45, 7) is 3.44. The van der Waals surface area contributed by atoms with Crippen molar-refractivity contribution in [3.8, 4) is 0 Å². The van der Waals surface area contributed by atoms with Gasteiger partial charge in [0.15, 0.2) is 6.23 Å². The summed E-state index contributed by atoms with van der Waals surface area (Å²) in [7, 11) is 0. The van der Waals surface area contributed by atoms with Crippen molar-refractivity contribution in [2.75, 3.05) is 18.1 Å². The largest absolute Gasteiger partial charge is 0.396 e. The Balaban J connectivity index is 1.87. The second kappa shape index (κ2) is 4.31. The molecular weight excluding hydrogens is 214 g/mol. The molecule has 2 atom stereocenters. The lowest BCUT2D eigenvalue weighted by Crippen LogP contribution is -2.32. The molecule has 0 saturated carbocycles. The molecule has 2 heterocycles. The van der Waals surface area contributed by atoms with E-state index in [0.717, 1.165) is 25.8 Å². The zero-order valence-electron chi connectivity index (χ0n) is 10.2. The van der Waals surface area contributed by atoms with Crippen LogP contribution in [0.2, 0.25) is 0 Å². The number of aryl methyl sites for hydroxylation is 1. The van der Waals surface area contributed by atoms with Crippen LogP contribution in [0.1, 0.15) is 24.5 Å². The number of epoxide rings is 1. The highest BCUT2D eigenvalue weighted by atomic mass is 16.6. The molecule has 2 aliphatic heterocycles. The van der Waals surface area contributed by atoms with E-state index in [4.69, 9.17) is 9.84 Å². The minimum absolute atomic E-state index is 0.266. The summed E-state index contributed by atoms with van der Waals surface area (Å²) in [6.07, 6.45) is 3.59. The van der Waals surface area contributed by atoms with Gasteiger partial charge in [-0.25, -0.2) is 0 Å². The van der Waals surface area contributed by atoms with Gasteiger partial charge in [0.1, 0.15) is 6.10 Å². The first-order valence-electron chi connectivity index (χ1n) is 6.48. The molecule has 17 heavy (non-hydrogen) atoms. The molecule has 1 aromatic carbocycles. The third kappa shape index (κ3) is 1.94. The summed E-state index contributed by atoms with van der Waals surface area (Å²) in [6, 6.07) is 6.68. The minimum Gasteiger partial charge on any atom is -0.396 e. The molecule has 1 saturated heterocycles. The van der Waals surface area contributed by atoms with Crippen molar-refractivity contribution in [3.63, 3.8) is 0 Å². The molecule has 1 fully saturated rings. The molecule has 0 radical (unpaired) electrons. The Labute approximate surface area is 102 Å². The van der Waals surface area contributed by atoms with E-state index in [2.05, 4.69) is 30.0 Å². The quantitative estimate of drug-likeness (QED) is 0.804. The maximum Gasteiger partial charge on any atom is 0.157 e. The van der Waals surface area contributed by atoms with Crippen LogP contribution in [0.25, 0.3) is 0 Å². The van der Waals surface area contributed by atoms with Crippen LogP contribution >= 0.6 is 0 Å². The number of hydrogen-bond donors (Lipinski definition) is 1. The first kappa shape index (κ1) is 11.1. The standard InChI is InChI=1S/C14H19NO2/c1-2-15-12-8-10(4-3-7-16)5-6-11(12)9-13-14(15)17-13/h5-6,8,13-14,16H,2-4,7,9H2,1H3. The Kier molecular flexibility index (Phi) is 2.81. The number of nitrogens with zero attached hydrogens (tertiary/aromatic N) is 1. The highest BCUT2D eigenvalue weighted by Gasteiger charge is 2.47. The van der Waals surface area contributed by atoms with E-state index in [1.54, 1.807) is 0 Å². The molecule has 1 aromatic rings. The maximum atomic E-state index is 8.88. The topological polar surface area (TPSA) is 36.0 Å². The van der Waals surface area contributed by atoms with Gasteiger partial charge in [-0.15, -0.1) is 0 Å². The summed E-state index contributed by atoms with van der Waals surface area (Å²) in [5.74, 6) is 0. The zero-order valence-corrected chi connectivity index (χ0v) is 10.2. The molecule has 3 heteroatoms. The highest BCUT2D eigenvalue weighted by Crippen LogP contribution is 2.41. The van der Waals surface area contributed by atoms with Crippen molar-refractivity contribution >= 4 is 5.69 Å². The Hall–Kier alpha value is -1.06. The van der Waals surface area contributed by atoms with Crippen LogP contribution in [0, 0.1) is 0 Å². The normalized spacial score (nSPS) is 25.4. The fourth-order valence-electron chi connectivity index (χ4n) is 2.75. The number of aliphatic hydroxyl groups excluding tert-OH is 1. The lowest BCUT2D eigenvalue weighted by molar-refractivity contribution is 0.288.